The van der Waals surface area contributed by atoms with Crippen LogP contribution >= 0.6 is 0 Å². The molecule has 2 N–H and O–H groups in total. The van der Waals surface area contributed by atoms with E-state index >= 15 is 0 Å². The van der Waals surface area contributed by atoms with Crippen LogP contribution in [0.4, 0.5) is 5.82 Å². The molecule has 5 nitrogen and oxygen atoms in total. The Morgan fingerprint density at radius 3 is 2.95 bits per heavy atom. The molecule has 1 saturated carbocycles. The van der Waals surface area contributed by atoms with E-state index in [4.69, 9.17) is 9.47 Å². The van der Waals surface area contributed by atoms with Gasteiger partial charge in [0.2, 0.25) is 0 Å². The second-order valence-electron chi connectivity index (χ2n) is 4.90. The van der Waals surface area contributed by atoms with Gasteiger partial charge in [0.15, 0.2) is 0 Å². The minimum Gasteiger partial charge on any atom is -0.382 e. The Morgan fingerprint density at radius 2 is 2.26 bits per heavy atom. The molecule has 0 spiro atoms. The average molecular weight is 265 g/mol. The SMILES string of the molecule is COCC(CNc1cc(CNC2CC2)ccn1)OC. The van der Waals surface area contributed by atoms with Crippen molar-refractivity contribution in [3.8, 4) is 0 Å². The molecule has 1 aliphatic carbocycles. The van der Waals surface area contributed by atoms with Gasteiger partial charge in [0, 0.05) is 39.5 Å². The van der Waals surface area contributed by atoms with E-state index in [0.29, 0.717) is 13.2 Å². The Hall–Kier alpha value is -1.17. The summed E-state index contributed by atoms with van der Waals surface area (Å²) in [7, 11) is 3.36. The largest absolute Gasteiger partial charge is 0.382 e. The summed E-state index contributed by atoms with van der Waals surface area (Å²) in [5, 5.41) is 6.78. The van der Waals surface area contributed by atoms with Crippen molar-refractivity contribution in [2.45, 2.75) is 31.5 Å². The highest BCUT2D eigenvalue weighted by Gasteiger charge is 2.19. The van der Waals surface area contributed by atoms with Crippen LogP contribution in [0, 0.1) is 0 Å². The molecule has 0 amide bonds. The fourth-order valence-corrected chi connectivity index (χ4v) is 1.85. The average Bonchev–Trinajstić information content (AvgIpc) is 3.26. The highest BCUT2D eigenvalue weighted by Crippen LogP contribution is 2.19. The van der Waals surface area contributed by atoms with Crippen molar-refractivity contribution in [1.82, 2.24) is 10.3 Å². The molecule has 0 aromatic carbocycles. The lowest BCUT2D eigenvalue weighted by atomic mass is 10.2. The Bertz CT molecular complexity index is 383. The third-order valence-corrected chi connectivity index (χ3v) is 3.19. The van der Waals surface area contributed by atoms with Gasteiger partial charge in [-0.2, -0.15) is 0 Å². The molecule has 1 unspecified atom stereocenters. The first-order valence-electron chi connectivity index (χ1n) is 6.75. The molecule has 106 valence electrons. The second kappa shape index (κ2) is 7.43. The summed E-state index contributed by atoms with van der Waals surface area (Å²) in [6, 6.07) is 4.85. The van der Waals surface area contributed by atoms with Crippen LogP contribution in [0.3, 0.4) is 0 Å². The van der Waals surface area contributed by atoms with Crippen molar-refractivity contribution in [2.75, 3.05) is 32.7 Å². The Labute approximate surface area is 114 Å². The van der Waals surface area contributed by atoms with Gasteiger partial charge in [-0.3, -0.25) is 0 Å². The van der Waals surface area contributed by atoms with Crippen LogP contribution in [0.1, 0.15) is 18.4 Å². The zero-order valence-corrected chi connectivity index (χ0v) is 11.7. The lowest BCUT2D eigenvalue weighted by molar-refractivity contribution is 0.0365. The maximum atomic E-state index is 5.30. The van der Waals surface area contributed by atoms with Crippen molar-refractivity contribution < 1.29 is 9.47 Å². The Kier molecular flexibility index (Phi) is 5.57. The maximum absolute atomic E-state index is 5.30. The third kappa shape index (κ3) is 5.14. The molecule has 1 atom stereocenters. The van der Waals surface area contributed by atoms with Crippen LogP contribution in [0.2, 0.25) is 0 Å². The summed E-state index contributed by atoms with van der Waals surface area (Å²) in [6.45, 7) is 2.18. The highest BCUT2D eigenvalue weighted by atomic mass is 16.5. The van der Waals surface area contributed by atoms with E-state index < -0.39 is 0 Å². The number of rotatable bonds is 9. The van der Waals surface area contributed by atoms with Crippen molar-refractivity contribution in [3.63, 3.8) is 0 Å². The summed E-state index contributed by atoms with van der Waals surface area (Å²) in [5.41, 5.74) is 1.25. The van der Waals surface area contributed by atoms with Crippen LogP contribution in [-0.2, 0) is 16.0 Å². The maximum Gasteiger partial charge on any atom is 0.126 e. The van der Waals surface area contributed by atoms with Gasteiger partial charge < -0.3 is 20.1 Å². The standard InChI is InChI=1S/C14H23N3O2/c1-18-10-13(19-2)9-17-14-7-11(5-6-15-14)8-16-12-3-4-12/h5-7,12-13,16H,3-4,8-10H2,1-2H3,(H,15,17). The van der Waals surface area contributed by atoms with Crippen LogP contribution < -0.4 is 10.6 Å². The van der Waals surface area contributed by atoms with E-state index in [-0.39, 0.29) is 6.10 Å². The van der Waals surface area contributed by atoms with E-state index in [9.17, 15) is 0 Å². The number of pyridine rings is 1. The number of ether oxygens (including phenoxy) is 2. The Morgan fingerprint density at radius 1 is 1.42 bits per heavy atom. The number of hydrogen-bond donors (Lipinski definition) is 2. The van der Waals surface area contributed by atoms with Gasteiger partial charge in [0.25, 0.3) is 0 Å². The third-order valence-electron chi connectivity index (χ3n) is 3.19. The normalized spacial score (nSPS) is 16.3. The van der Waals surface area contributed by atoms with Crippen LogP contribution in [0.25, 0.3) is 0 Å². The first-order valence-corrected chi connectivity index (χ1v) is 6.75. The van der Waals surface area contributed by atoms with Crippen LogP contribution in [0.5, 0.6) is 0 Å². The minimum absolute atomic E-state index is 0.0417. The number of nitrogens with zero attached hydrogens (tertiary/aromatic N) is 1. The smallest absolute Gasteiger partial charge is 0.126 e. The Balaban J connectivity index is 1.79. The fourth-order valence-electron chi connectivity index (χ4n) is 1.85. The van der Waals surface area contributed by atoms with Gasteiger partial charge in [0.1, 0.15) is 5.82 Å². The van der Waals surface area contributed by atoms with Crippen molar-refractivity contribution >= 4 is 5.82 Å². The lowest BCUT2D eigenvalue weighted by Crippen LogP contribution is -2.27. The summed E-state index contributed by atoms with van der Waals surface area (Å²) in [6.07, 6.45) is 4.50. The fraction of sp³-hybridized carbons (Fsp3) is 0.643. The number of nitrogens with one attached hydrogen (secondary N) is 2. The van der Waals surface area contributed by atoms with Crippen LogP contribution in [0.15, 0.2) is 18.3 Å². The van der Waals surface area contributed by atoms with Gasteiger partial charge in [0.05, 0.1) is 12.7 Å². The highest BCUT2D eigenvalue weighted by molar-refractivity contribution is 5.37. The van der Waals surface area contributed by atoms with Gasteiger partial charge in [-0.05, 0) is 30.5 Å². The second-order valence-corrected chi connectivity index (χ2v) is 4.90. The molecule has 1 aromatic rings. The first-order chi connectivity index (χ1) is 9.31. The van der Waals surface area contributed by atoms with E-state index in [1.807, 2.05) is 12.3 Å². The molecule has 0 saturated heterocycles. The van der Waals surface area contributed by atoms with Gasteiger partial charge in [-0.1, -0.05) is 0 Å². The molecule has 1 fully saturated rings. The molecule has 19 heavy (non-hydrogen) atoms. The molecule has 0 radical (unpaired) electrons. The number of methoxy groups -OCH3 is 2. The minimum atomic E-state index is 0.0417. The molecule has 1 aromatic heterocycles. The molecule has 5 heteroatoms. The quantitative estimate of drug-likeness (QED) is 0.707. The lowest BCUT2D eigenvalue weighted by Gasteiger charge is -2.15. The molecule has 2 rings (SSSR count). The predicted octanol–water partition coefficient (Wildman–Crippen LogP) is 1.41. The number of hydrogen-bond acceptors (Lipinski definition) is 5. The van der Waals surface area contributed by atoms with Gasteiger partial charge >= 0.3 is 0 Å². The topological polar surface area (TPSA) is 55.4 Å². The molecular weight excluding hydrogens is 242 g/mol. The van der Waals surface area contributed by atoms with E-state index in [0.717, 1.165) is 18.4 Å². The number of anilines is 1. The summed E-state index contributed by atoms with van der Waals surface area (Å²) >= 11 is 0. The predicted molar refractivity (Wildman–Crippen MR) is 75.3 cm³/mol. The van der Waals surface area contributed by atoms with Crippen LogP contribution in [-0.4, -0.2) is 44.5 Å². The zero-order valence-electron chi connectivity index (χ0n) is 11.7. The van der Waals surface area contributed by atoms with Crippen molar-refractivity contribution in [1.29, 1.82) is 0 Å². The molecule has 0 aliphatic heterocycles. The van der Waals surface area contributed by atoms with Gasteiger partial charge in [-0.25, -0.2) is 4.98 Å². The van der Waals surface area contributed by atoms with E-state index in [1.165, 1.54) is 18.4 Å². The molecule has 1 heterocycles. The summed E-state index contributed by atoms with van der Waals surface area (Å²) < 4.78 is 10.4. The van der Waals surface area contributed by atoms with Crippen molar-refractivity contribution in [3.05, 3.63) is 23.9 Å². The summed E-state index contributed by atoms with van der Waals surface area (Å²) in [4.78, 5) is 4.31. The first kappa shape index (κ1) is 14.2. The van der Waals surface area contributed by atoms with E-state index in [1.54, 1.807) is 14.2 Å². The van der Waals surface area contributed by atoms with Gasteiger partial charge in [-0.15, -0.1) is 0 Å². The van der Waals surface area contributed by atoms with Crippen molar-refractivity contribution in [2.24, 2.45) is 0 Å². The molecule has 1 aliphatic rings. The van der Waals surface area contributed by atoms with E-state index in [2.05, 4.69) is 21.7 Å². The monoisotopic (exact) mass is 265 g/mol. The zero-order chi connectivity index (χ0) is 13.5. The molecular formula is C14H23N3O2. The molecule has 0 bridgehead atoms. The summed E-state index contributed by atoms with van der Waals surface area (Å²) in [5.74, 6) is 0.883. The number of aromatic nitrogens is 1.